The molecule has 1 aliphatic rings. The highest BCUT2D eigenvalue weighted by molar-refractivity contribution is 5.94. The summed E-state index contributed by atoms with van der Waals surface area (Å²) in [6, 6.07) is 4.13. The molecule has 22 heavy (non-hydrogen) atoms. The summed E-state index contributed by atoms with van der Waals surface area (Å²) in [4.78, 5) is 26.7. The number of rotatable bonds is 4. The van der Waals surface area contributed by atoms with Crippen molar-refractivity contribution in [1.82, 2.24) is 9.80 Å². The molecule has 0 aliphatic carbocycles. The molecule has 1 aromatic carbocycles. The molecule has 4 nitrogen and oxygen atoms in total. The molecule has 2 rings (SSSR count). The van der Waals surface area contributed by atoms with E-state index in [-0.39, 0.29) is 17.4 Å². The van der Waals surface area contributed by atoms with E-state index in [1.807, 2.05) is 0 Å². The molecule has 2 amide bonds. The largest absolute Gasteiger partial charge is 0.416 e. The Bertz CT molecular complexity index is 555. The molecule has 120 valence electrons. The van der Waals surface area contributed by atoms with Crippen LogP contribution in [0.3, 0.4) is 0 Å². The van der Waals surface area contributed by atoms with Crippen molar-refractivity contribution in [3.05, 3.63) is 35.4 Å². The lowest BCUT2D eigenvalue weighted by atomic mass is 10.1. The Morgan fingerprint density at radius 3 is 2.41 bits per heavy atom. The zero-order valence-electron chi connectivity index (χ0n) is 12.2. The smallest absolute Gasteiger partial charge is 0.341 e. The van der Waals surface area contributed by atoms with E-state index in [0.29, 0.717) is 26.1 Å². The second-order valence-electron chi connectivity index (χ2n) is 5.29. The maximum atomic E-state index is 12.5. The van der Waals surface area contributed by atoms with Crippen LogP contribution in [0, 0.1) is 0 Å². The van der Waals surface area contributed by atoms with Crippen LogP contribution in [0.4, 0.5) is 13.2 Å². The third-order valence-electron chi connectivity index (χ3n) is 3.68. The van der Waals surface area contributed by atoms with Crippen LogP contribution >= 0.6 is 0 Å². The van der Waals surface area contributed by atoms with Gasteiger partial charge in [0.15, 0.2) is 0 Å². The molecule has 1 aromatic rings. The summed E-state index contributed by atoms with van der Waals surface area (Å²) >= 11 is 0. The first-order valence-corrected chi connectivity index (χ1v) is 6.99. The zero-order chi connectivity index (χ0) is 16.3. The van der Waals surface area contributed by atoms with Crippen LogP contribution in [0.2, 0.25) is 0 Å². The summed E-state index contributed by atoms with van der Waals surface area (Å²) < 4.78 is 37.4. The van der Waals surface area contributed by atoms with E-state index in [4.69, 9.17) is 0 Å². The fourth-order valence-corrected chi connectivity index (χ4v) is 2.33. The van der Waals surface area contributed by atoms with Crippen molar-refractivity contribution in [2.75, 3.05) is 26.7 Å². The molecule has 0 N–H and O–H groups in total. The highest BCUT2D eigenvalue weighted by Crippen LogP contribution is 2.29. The van der Waals surface area contributed by atoms with Gasteiger partial charge in [0, 0.05) is 38.7 Å². The third-order valence-corrected chi connectivity index (χ3v) is 3.68. The maximum Gasteiger partial charge on any atom is 0.416 e. The Balaban J connectivity index is 1.94. The van der Waals surface area contributed by atoms with Crippen molar-refractivity contribution in [2.24, 2.45) is 0 Å². The maximum absolute atomic E-state index is 12.5. The number of halogens is 3. The highest BCUT2D eigenvalue weighted by Gasteiger charge is 2.30. The van der Waals surface area contributed by atoms with Gasteiger partial charge in [0.2, 0.25) is 5.91 Å². The van der Waals surface area contributed by atoms with Crippen molar-refractivity contribution < 1.29 is 22.8 Å². The minimum Gasteiger partial charge on any atom is -0.341 e. The lowest BCUT2D eigenvalue weighted by Gasteiger charge is -2.22. The second-order valence-corrected chi connectivity index (χ2v) is 5.29. The quantitative estimate of drug-likeness (QED) is 0.856. The van der Waals surface area contributed by atoms with Crippen LogP contribution < -0.4 is 0 Å². The Labute approximate surface area is 126 Å². The summed E-state index contributed by atoms with van der Waals surface area (Å²) in [7, 11) is 1.57. The van der Waals surface area contributed by atoms with Gasteiger partial charge in [-0.2, -0.15) is 13.2 Å². The summed E-state index contributed by atoms with van der Waals surface area (Å²) in [5, 5.41) is 0. The highest BCUT2D eigenvalue weighted by atomic mass is 19.4. The van der Waals surface area contributed by atoms with Gasteiger partial charge in [0.05, 0.1) is 5.56 Å². The number of nitrogens with zero attached hydrogens (tertiary/aromatic N) is 2. The lowest BCUT2D eigenvalue weighted by Crippen LogP contribution is -2.36. The molecular weight excluding hydrogens is 297 g/mol. The minimum atomic E-state index is -4.41. The van der Waals surface area contributed by atoms with Crippen LogP contribution in [0.15, 0.2) is 24.3 Å². The lowest BCUT2D eigenvalue weighted by molar-refractivity contribution is -0.137. The van der Waals surface area contributed by atoms with E-state index in [2.05, 4.69) is 0 Å². The van der Waals surface area contributed by atoms with Crippen LogP contribution in [0.1, 0.15) is 28.8 Å². The Kier molecular flexibility index (Phi) is 4.73. The number of likely N-dealkylation sites (tertiary alicyclic amines) is 1. The molecule has 0 unspecified atom stereocenters. The number of likely N-dealkylation sites (N-methyl/N-ethyl adjacent to an activating group) is 1. The van der Waals surface area contributed by atoms with Crippen LogP contribution in [0.25, 0.3) is 0 Å². The van der Waals surface area contributed by atoms with E-state index in [1.54, 1.807) is 11.9 Å². The number of amides is 2. The van der Waals surface area contributed by atoms with E-state index in [0.717, 1.165) is 18.6 Å². The molecular formula is C15H17F3N2O2. The molecule has 7 heteroatoms. The number of alkyl halides is 3. The van der Waals surface area contributed by atoms with Crippen LogP contribution in [-0.2, 0) is 11.0 Å². The number of hydrogen-bond donors (Lipinski definition) is 0. The van der Waals surface area contributed by atoms with E-state index >= 15 is 0 Å². The van der Waals surface area contributed by atoms with Crippen molar-refractivity contribution >= 4 is 11.8 Å². The first-order chi connectivity index (χ1) is 10.3. The molecule has 0 bridgehead atoms. The van der Waals surface area contributed by atoms with Gasteiger partial charge < -0.3 is 9.80 Å². The predicted octanol–water partition coefficient (Wildman–Crippen LogP) is 2.40. The number of carbonyl (C=O) groups excluding carboxylic acids is 2. The SMILES string of the molecule is CN(CCN1CCCC1=O)C(=O)c1ccc(C(F)(F)F)cc1. The Hall–Kier alpha value is -2.05. The number of benzene rings is 1. The fourth-order valence-electron chi connectivity index (χ4n) is 2.33. The van der Waals surface area contributed by atoms with Crippen molar-refractivity contribution in [1.29, 1.82) is 0 Å². The van der Waals surface area contributed by atoms with Gasteiger partial charge in [-0.3, -0.25) is 9.59 Å². The van der Waals surface area contributed by atoms with Crippen molar-refractivity contribution in [3.63, 3.8) is 0 Å². The van der Waals surface area contributed by atoms with Gasteiger partial charge in [0.1, 0.15) is 0 Å². The first-order valence-electron chi connectivity index (χ1n) is 6.99. The van der Waals surface area contributed by atoms with Gasteiger partial charge in [0.25, 0.3) is 5.91 Å². The molecule has 1 aliphatic heterocycles. The van der Waals surface area contributed by atoms with E-state index in [9.17, 15) is 22.8 Å². The standard InChI is InChI=1S/C15H17F3N2O2/c1-19(9-10-20-8-2-3-13(20)21)14(22)11-4-6-12(7-5-11)15(16,17)18/h4-7H,2-3,8-10H2,1H3. The van der Waals surface area contributed by atoms with Gasteiger partial charge in [-0.1, -0.05) is 0 Å². The summed E-state index contributed by atoms with van der Waals surface area (Å²) in [5.74, 6) is -0.282. The Morgan fingerprint density at radius 2 is 1.91 bits per heavy atom. The average Bonchev–Trinajstić information content (AvgIpc) is 2.88. The van der Waals surface area contributed by atoms with Gasteiger partial charge in [-0.15, -0.1) is 0 Å². The number of hydrogen-bond acceptors (Lipinski definition) is 2. The Morgan fingerprint density at radius 1 is 1.27 bits per heavy atom. The molecule has 1 fully saturated rings. The molecule has 0 atom stereocenters. The molecule has 0 aromatic heterocycles. The predicted molar refractivity (Wildman–Crippen MR) is 74.2 cm³/mol. The van der Waals surface area contributed by atoms with Crippen molar-refractivity contribution in [3.8, 4) is 0 Å². The third kappa shape index (κ3) is 3.78. The first kappa shape index (κ1) is 16.3. The van der Waals surface area contributed by atoms with Gasteiger partial charge in [-0.05, 0) is 30.7 Å². The monoisotopic (exact) mass is 314 g/mol. The molecule has 0 saturated carbocycles. The topological polar surface area (TPSA) is 40.6 Å². The summed E-state index contributed by atoms with van der Waals surface area (Å²) in [5.41, 5.74) is -0.586. The molecule has 0 radical (unpaired) electrons. The molecule has 0 spiro atoms. The van der Waals surface area contributed by atoms with Gasteiger partial charge >= 0.3 is 6.18 Å². The van der Waals surface area contributed by atoms with Crippen LogP contribution in [-0.4, -0.2) is 48.3 Å². The fraction of sp³-hybridized carbons (Fsp3) is 0.467. The molecule has 1 saturated heterocycles. The van der Waals surface area contributed by atoms with Crippen molar-refractivity contribution in [2.45, 2.75) is 19.0 Å². The summed E-state index contributed by atoms with van der Waals surface area (Å²) in [6.45, 7) is 1.49. The second kappa shape index (κ2) is 6.37. The van der Waals surface area contributed by atoms with E-state index < -0.39 is 11.7 Å². The molecule has 1 heterocycles. The summed E-state index contributed by atoms with van der Waals surface area (Å²) in [6.07, 6.45) is -3.05. The minimum absolute atomic E-state index is 0.0791. The normalized spacial score (nSPS) is 15.3. The van der Waals surface area contributed by atoms with Gasteiger partial charge in [-0.25, -0.2) is 0 Å². The zero-order valence-corrected chi connectivity index (χ0v) is 12.2. The van der Waals surface area contributed by atoms with Crippen LogP contribution in [0.5, 0.6) is 0 Å². The van der Waals surface area contributed by atoms with E-state index in [1.165, 1.54) is 17.0 Å². The average molecular weight is 314 g/mol. The number of carbonyl (C=O) groups is 2.